The molecule has 0 fully saturated rings. The molecule has 0 heterocycles. The van der Waals surface area contributed by atoms with Crippen molar-refractivity contribution >= 4 is 7.82 Å². The lowest BCUT2D eigenvalue weighted by molar-refractivity contribution is 0.107. The molecule has 2 unspecified atom stereocenters. The van der Waals surface area contributed by atoms with Gasteiger partial charge in [0.1, 0.15) is 0 Å². The van der Waals surface area contributed by atoms with Crippen LogP contribution >= 0.6 is 7.82 Å². The van der Waals surface area contributed by atoms with Gasteiger partial charge in [0.05, 0.1) is 13.2 Å². The van der Waals surface area contributed by atoms with Crippen molar-refractivity contribution in [2.75, 3.05) is 13.2 Å². The minimum absolute atomic E-state index is 0.354. The van der Waals surface area contributed by atoms with E-state index in [1.165, 1.54) is 244 Å². The van der Waals surface area contributed by atoms with Crippen LogP contribution in [0.2, 0.25) is 0 Å². The smallest absolute Gasteiger partial charge is 0.302 e. The zero-order valence-electron chi connectivity index (χ0n) is 38.4. The third-order valence-electron chi connectivity index (χ3n) is 12.3. The lowest BCUT2D eigenvalue weighted by Crippen LogP contribution is -2.13. The molecule has 0 saturated carbocycles. The molecule has 0 bridgehead atoms. The summed E-state index contributed by atoms with van der Waals surface area (Å²) in [6.45, 7) is 9.87. The van der Waals surface area contributed by atoms with Crippen LogP contribution in [0.4, 0.5) is 0 Å². The topological polar surface area (TPSA) is 55.8 Å². The predicted octanol–water partition coefficient (Wildman–Crippen LogP) is 18.8. The Labute approximate surface area is 347 Å². The number of phosphoric ester groups is 1. The molecule has 0 radical (unpaired) electrons. The summed E-state index contributed by atoms with van der Waals surface area (Å²) in [7, 11) is -4.06. The fourth-order valence-corrected chi connectivity index (χ4v) is 9.26. The monoisotopic (exact) mass is 799 g/mol. The highest BCUT2D eigenvalue weighted by molar-refractivity contribution is 7.47. The van der Waals surface area contributed by atoms with E-state index < -0.39 is 7.82 Å². The van der Waals surface area contributed by atoms with E-state index >= 15 is 0 Å². The van der Waals surface area contributed by atoms with Crippen molar-refractivity contribution < 1.29 is 18.5 Å². The molecule has 332 valence electrons. The summed E-state index contributed by atoms with van der Waals surface area (Å²) in [5, 5.41) is 0. The van der Waals surface area contributed by atoms with E-state index in [1.54, 1.807) is 0 Å². The summed E-state index contributed by atoms with van der Waals surface area (Å²) in [6, 6.07) is 0. The molecule has 0 aliphatic heterocycles. The highest BCUT2D eigenvalue weighted by Crippen LogP contribution is 2.45. The number of unbranched alkanes of at least 4 members (excludes halogenated alkanes) is 34. The molecule has 2 atom stereocenters. The van der Waals surface area contributed by atoms with Gasteiger partial charge in [0, 0.05) is 0 Å². The summed E-state index contributed by atoms with van der Waals surface area (Å²) < 4.78 is 24.9. The van der Waals surface area contributed by atoms with Gasteiger partial charge in [-0.15, -0.1) is 0 Å². The average molecular weight is 799 g/mol. The van der Waals surface area contributed by atoms with Crippen LogP contribution in [0.25, 0.3) is 0 Å². The second kappa shape index (κ2) is 45.2. The van der Waals surface area contributed by atoms with Crippen LogP contribution in [0.5, 0.6) is 0 Å². The Morgan fingerprint density at radius 3 is 0.655 bits per heavy atom. The van der Waals surface area contributed by atoms with E-state index in [2.05, 4.69) is 27.7 Å². The molecule has 1 N–H and O–H groups in total. The second-order valence-electron chi connectivity index (χ2n) is 18.0. The highest BCUT2D eigenvalue weighted by atomic mass is 31.2. The SMILES string of the molecule is CCCCCCCCCCCCCC(CCCCCCCCCC)COP(=O)(O)OCC(CCCCCCCCCC)CCCCCCCCCCCCC. The summed E-state index contributed by atoms with van der Waals surface area (Å²) in [5.74, 6) is 0.708. The molecule has 0 aliphatic carbocycles. The van der Waals surface area contributed by atoms with E-state index in [0.29, 0.717) is 25.0 Å². The minimum atomic E-state index is -4.06. The number of hydrogen-bond acceptors (Lipinski definition) is 3. The normalized spacial score (nSPS) is 14.1. The first-order valence-corrected chi connectivity index (χ1v) is 27.1. The lowest BCUT2D eigenvalue weighted by atomic mass is 9.94. The van der Waals surface area contributed by atoms with E-state index in [4.69, 9.17) is 9.05 Å². The standard InChI is InChI=1S/C50H103O4P/c1-5-9-13-17-21-25-27-29-33-37-41-45-49(43-39-35-31-23-19-15-11-7-3)47-53-55(51,52)54-48-50(44-40-36-32-24-20-16-12-8-4)46-42-38-34-30-28-26-22-18-14-10-6-2/h49-50H,5-48H2,1-4H3,(H,51,52). The first-order valence-electron chi connectivity index (χ1n) is 25.6. The maximum Gasteiger partial charge on any atom is 0.472 e. The van der Waals surface area contributed by atoms with Crippen LogP contribution < -0.4 is 0 Å². The van der Waals surface area contributed by atoms with Crippen LogP contribution in [0.15, 0.2) is 0 Å². The molecule has 0 amide bonds. The maximum atomic E-state index is 13.3. The zero-order chi connectivity index (χ0) is 40.2. The van der Waals surface area contributed by atoms with Crippen molar-refractivity contribution in [3.63, 3.8) is 0 Å². The first-order chi connectivity index (χ1) is 27.0. The molecule has 0 aliphatic rings. The Kier molecular flexibility index (Phi) is 45.3. The van der Waals surface area contributed by atoms with E-state index in [-0.39, 0.29) is 0 Å². The van der Waals surface area contributed by atoms with Crippen LogP contribution in [0.3, 0.4) is 0 Å². The minimum Gasteiger partial charge on any atom is -0.302 e. The third kappa shape index (κ3) is 43.5. The van der Waals surface area contributed by atoms with Crippen molar-refractivity contribution in [1.82, 2.24) is 0 Å². The van der Waals surface area contributed by atoms with Gasteiger partial charge in [0.2, 0.25) is 0 Å². The van der Waals surface area contributed by atoms with Crippen molar-refractivity contribution in [3.05, 3.63) is 0 Å². The molecule has 55 heavy (non-hydrogen) atoms. The zero-order valence-corrected chi connectivity index (χ0v) is 39.3. The van der Waals surface area contributed by atoms with Gasteiger partial charge >= 0.3 is 7.82 Å². The molecular weight excluding hydrogens is 696 g/mol. The number of phosphoric acid groups is 1. The molecule has 0 saturated heterocycles. The van der Waals surface area contributed by atoms with E-state index in [9.17, 15) is 9.46 Å². The van der Waals surface area contributed by atoms with Gasteiger partial charge in [-0.05, 0) is 37.5 Å². The van der Waals surface area contributed by atoms with Gasteiger partial charge in [0.15, 0.2) is 0 Å². The second-order valence-corrected chi connectivity index (χ2v) is 19.4. The van der Waals surface area contributed by atoms with Crippen molar-refractivity contribution in [1.29, 1.82) is 0 Å². The van der Waals surface area contributed by atoms with E-state index in [1.807, 2.05) is 0 Å². The van der Waals surface area contributed by atoms with Gasteiger partial charge in [-0.1, -0.05) is 272 Å². The maximum absolute atomic E-state index is 13.3. The third-order valence-corrected chi connectivity index (χ3v) is 13.3. The van der Waals surface area contributed by atoms with Crippen LogP contribution in [-0.2, 0) is 13.6 Å². The Balaban J connectivity index is 4.77. The van der Waals surface area contributed by atoms with Gasteiger partial charge in [-0.25, -0.2) is 4.57 Å². The molecule has 0 aromatic carbocycles. The Bertz CT molecular complexity index is 702. The molecule has 4 nitrogen and oxygen atoms in total. The van der Waals surface area contributed by atoms with Crippen molar-refractivity contribution in [2.45, 2.75) is 297 Å². The van der Waals surface area contributed by atoms with Gasteiger partial charge < -0.3 is 4.89 Å². The quantitative estimate of drug-likeness (QED) is 0.0492. The lowest BCUT2D eigenvalue weighted by Gasteiger charge is -2.22. The highest BCUT2D eigenvalue weighted by Gasteiger charge is 2.25. The summed E-state index contributed by atoms with van der Waals surface area (Å²) >= 11 is 0. The Morgan fingerprint density at radius 2 is 0.473 bits per heavy atom. The van der Waals surface area contributed by atoms with Crippen molar-refractivity contribution in [2.24, 2.45) is 11.8 Å². The van der Waals surface area contributed by atoms with Gasteiger partial charge in [0.25, 0.3) is 0 Å². The summed E-state index contributed by atoms with van der Waals surface area (Å²) in [5.41, 5.74) is 0. The summed E-state index contributed by atoms with van der Waals surface area (Å²) in [6.07, 6.45) is 55.2. The Hall–Kier alpha value is 0.110. The van der Waals surface area contributed by atoms with Crippen LogP contribution in [-0.4, -0.2) is 18.1 Å². The van der Waals surface area contributed by atoms with Crippen molar-refractivity contribution in [3.8, 4) is 0 Å². The molecule has 5 heteroatoms. The fraction of sp³-hybridized carbons (Fsp3) is 1.00. The van der Waals surface area contributed by atoms with Crippen LogP contribution in [0.1, 0.15) is 297 Å². The largest absolute Gasteiger partial charge is 0.472 e. The number of hydrogen-bond donors (Lipinski definition) is 1. The predicted molar refractivity (Wildman–Crippen MR) is 245 cm³/mol. The molecule has 0 rings (SSSR count). The van der Waals surface area contributed by atoms with Gasteiger partial charge in [-0.2, -0.15) is 0 Å². The molecule has 0 aromatic heterocycles. The molecular formula is C50H103O4P. The number of rotatable bonds is 48. The Morgan fingerprint density at radius 1 is 0.309 bits per heavy atom. The average Bonchev–Trinajstić information content (AvgIpc) is 3.18. The molecule has 0 aromatic rings. The first kappa shape index (κ1) is 55.1. The molecule has 0 spiro atoms. The fourth-order valence-electron chi connectivity index (χ4n) is 8.39. The van der Waals surface area contributed by atoms with E-state index in [0.717, 1.165) is 25.7 Å². The van der Waals surface area contributed by atoms with Gasteiger partial charge in [-0.3, -0.25) is 9.05 Å². The summed E-state index contributed by atoms with van der Waals surface area (Å²) in [4.78, 5) is 10.9. The van der Waals surface area contributed by atoms with Crippen LogP contribution in [0, 0.1) is 11.8 Å².